The molecule has 5 aromatic rings. The zero-order valence-electron chi connectivity index (χ0n) is 18.4. The van der Waals surface area contributed by atoms with Crippen molar-refractivity contribution in [3.05, 3.63) is 106 Å². The van der Waals surface area contributed by atoms with E-state index >= 15 is 0 Å². The van der Waals surface area contributed by atoms with Gasteiger partial charge in [-0.15, -0.1) is 11.3 Å². The molecule has 34 heavy (non-hydrogen) atoms. The van der Waals surface area contributed by atoms with Gasteiger partial charge >= 0.3 is 0 Å². The third-order valence-corrected chi connectivity index (χ3v) is 7.70. The molecule has 0 aliphatic rings. The highest BCUT2D eigenvalue weighted by Gasteiger charge is 2.17. The standard InChI is InChI=1S/C27H23N3O2S2/c31-23(28-17-20-11-5-2-6-12-20)18-33-27-29-24-21-13-7-8-14-22(21)34-25(24)26(32)30(27)16-15-19-9-3-1-4-10-19/h1-14H,15-18H2,(H,28,31). The maximum Gasteiger partial charge on any atom is 0.272 e. The van der Waals surface area contributed by atoms with E-state index in [-0.39, 0.29) is 17.2 Å². The minimum atomic E-state index is -0.0898. The average Bonchev–Trinajstić information content (AvgIpc) is 3.26. The van der Waals surface area contributed by atoms with E-state index in [1.54, 1.807) is 4.57 Å². The van der Waals surface area contributed by atoms with Gasteiger partial charge in [-0.25, -0.2) is 4.98 Å². The Morgan fingerprint density at radius 1 is 0.912 bits per heavy atom. The summed E-state index contributed by atoms with van der Waals surface area (Å²) in [7, 11) is 0. The van der Waals surface area contributed by atoms with Gasteiger partial charge < -0.3 is 5.32 Å². The van der Waals surface area contributed by atoms with Crippen LogP contribution in [0.5, 0.6) is 0 Å². The molecule has 5 rings (SSSR count). The maximum atomic E-state index is 13.5. The summed E-state index contributed by atoms with van der Waals surface area (Å²) in [6, 6.07) is 27.8. The lowest BCUT2D eigenvalue weighted by molar-refractivity contribution is -0.118. The highest BCUT2D eigenvalue weighted by Crippen LogP contribution is 2.31. The number of rotatable bonds is 8. The molecule has 2 aromatic heterocycles. The van der Waals surface area contributed by atoms with Gasteiger partial charge in [-0.1, -0.05) is 90.6 Å². The van der Waals surface area contributed by atoms with Gasteiger partial charge in [0.15, 0.2) is 5.16 Å². The minimum Gasteiger partial charge on any atom is -0.351 e. The van der Waals surface area contributed by atoms with Crippen LogP contribution in [-0.2, 0) is 24.3 Å². The highest BCUT2D eigenvalue weighted by molar-refractivity contribution is 7.99. The Hall–Kier alpha value is -3.42. The van der Waals surface area contributed by atoms with E-state index in [2.05, 4.69) is 17.4 Å². The monoisotopic (exact) mass is 485 g/mol. The second kappa shape index (κ2) is 10.2. The molecule has 0 radical (unpaired) electrons. The van der Waals surface area contributed by atoms with E-state index in [9.17, 15) is 9.59 Å². The Morgan fingerprint density at radius 2 is 1.59 bits per heavy atom. The molecule has 0 spiro atoms. The lowest BCUT2D eigenvalue weighted by Crippen LogP contribution is -2.27. The number of carbonyl (C=O) groups is 1. The van der Waals surface area contributed by atoms with Crippen molar-refractivity contribution in [2.45, 2.75) is 24.7 Å². The second-order valence-electron chi connectivity index (χ2n) is 7.91. The molecule has 3 aromatic carbocycles. The van der Waals surface area contributed by atoms with Gasteiger partial charge in [0.2, 0.25) is 5.91 Å². The molecule has 170 valence electrons. The van der Waals surface area contributed by atoms with Gasteiger partial charge in [-0.05, 0) is 23.6 Å². The SMILES string of the molecule is O=C(CSc1nc2c(sc3ccccc32)c(=O)n1CCc1ccccc1)NCc1ccccc1. The van der Waals surface area contributed by atoms with E-state index in [4.69, 9.17) is 4.98 Å². The molecule has 0 saturated heterocycles. The van der Waals surface area contributed by atoms with Crippen LogP contribution in [0.3, 0.4) is 0 Å². The number of amides is 1. The second-order valence-corrected chi connectivity index (χ2v) is 9.91. The molecule has 1 N–H and O–H groups in total. The minimum absolute atomic E-state index is 0.0469. The summed E-state index contributed by atoms with van der Waals surface area (Å²) in [5, 5.41) is 4.50. The Morgan fingerprint density at radius 3 is 2.35 bits per heavy atom. The van der Waals surface area contributed by atoms with E-state index in [0.717, 1.165) is 21.2 Å². The summed E-state index contributed by atoms with van der Waals surface area (Å²) < 4.78 is 3.42. The quantitative estimate of drug-likeness (QED) is 0.240. The van der Waals surface area contributed by atoms with Crippen LogP contribution >= 0.6 is 23.1 Å². The van der Waals surface area contributed by atoms with E-state index < -0.39 is 0 Å². The first-order chi connectivity index (χ1) is 16.7. The van der Waals surface area contributed by atoms with E-state index in [1.807, 2.05) is 72.8 Å². The van der Waals surface area contributed by atoms with Gasteiger partial charge in [0.1, 0.15) is 4.70 Å². The van der Waals surface area contributed by atoms with Crippen molar-refractivity contribution >= 4 is 49.3 Å². The number of hydrogen-bond donors (Lipinski definition) is 1. The van der Waals surface area contributed by atoms with Crippen LogP contribution < -0.4 is 10.9 Å². The fraction of sp³-hybridized carbons (Fsp3) is 0.148. The molecule has 0 bridgehead atoms. The number of fused-ring (bicyclic) bond motifs is 3. The van der Waals surface area contributed by atoms with Crippen molar-refractivity contribution < 1.29 is 4.79 Å². The van der Waals surface area contributed by atoms with Crippen molar-refractivity contribution in [3.63, 3.8) is 0 Å². The summed E-state index contributed by atoms with van der Waals surface area (Å²) in [6.45, 7) is 0.983. The van der Waals surface area contributed by atoms with Crippen molar-refractivity contribution in [1.29, 1.82) is 0 Å². The Bertz CT molecular complexity index is 1490. The topological polar surface area (TPSA) is 64.0 Å². The predicted octanol–water partition coefficient (Wildman–Crippen LogP) is 5.26. The molecular formula is C27H23N3O2S2. The van der Waals surface area contributed by atoms with Gasteiger partial charge in [-0.2, -0.15) is 0 Å². The van der Waals surface area contributed by atoms with Crippen molar-refractivity contribution in [2.75, 3.05) is 5.75 Å². The molecular weight excluding hydrogens is 462 g/mol. The number of nitrogens with one attached hydrogen (secondary N) is 1. The third-order valence-electron chi connectivity index (χ3n) is 5.58. The first kappa shape index (κ1) is 22.4. The van der Waals surface area contributed by atoms with E-state index in [1.165, 1.54) is 23.1 Å². The van der Waals surface area contributed by atoms with Crippen molar-refractivity contribution in [2.24, 2.45) is 0 Å². The smallest absolute Gasteiger partial charge is 0.272 e. The number of carbonyl (C=O) groups excluding carboxylic acids is 1. The summed E-state index contributed by atoms with van der Waals surface area (Å²) >= 11 is 2.79. The maximum absolute atomic E-state index is 13.5. The zero-order chi connectivity index (χ0) is 23.3. The molecule has 7 heteroatoms. The average molecular weight is 486 g/mol. The lowest BCUT2D eigenvalue weighted by Gasteiger charge is -2.12. The van der Waals surface area contributed by atoms with E-state index in [0.29, 0.717) is 34.9 Å². The lowest BCUT2D eigenvalue weighted by atomic mass is 10.1. The van der Waals surface area contributed by atoms with Crippen LogP contribution in [0, 0.1) is 0 Å². The Kier molecular flexibility index (Phi) is 6.74. The van der Waals surface area contributed by atoms with Gasteiger partial charge in [0, 0.05) is 23.2 Å². The molecule has 1 amide bonds. The van der Waals surface area contributed by atoms with Crippen molar-refractivity contribution in [1.82, 2.24) is 14.9 Å². The first-order valence-electron chi connectivity index (χ1n) is 11.1. The fourth-order valence-electron chi connectivity index (χ4n) is 3.82. The zero-order valence-corrected chi connectivity index (χ0v) is 20.1. The van der Waals surface area contributed by atoms with Gasteiger partial charge in [-0.3, -0.25) is 14.2 Å². The third kappa shape index (κ3) is 4.90. The number of aryl methyl sites for hydroxylation is 1. The molecule has 0 aliphatic heterocycles. The van der Waals surface area contributed by atoms with Crippen LogP contribution in [-0.4, -0.2) is 21.2 Å². The van der Waals surface area contributed by atoms with Crippen molar-refractivity contribution in [3.8, 4) is 0 Å². The number of nitrogens with zero attached hydrogens (tertiary/aromatic N) is 2. The predicted molar refractivity (Wildman–Crippen MR) is 141 cm³/mol. The van der Waals surface area contributed by atoms with Crippen LogP contribution in [0.2, 0.25) is 0 Å². The Labute approximate surface area is 205 Å². The summed E-state index contributed by atoms with van der Waals surface area (Å²) in [5.74, 6) is 0.103. The normalized spacial score (nSPS) is 11.2. The molecule has 0 unspecified atom stereocenters. The molecule has 0 fully saturated rings. The molecule has 2 heterocycles. The summed E-state index contributed by atoms with van der Waals surface area (Å²) in [6.07, 6.45) is 0.715. The van der Waals surface area contributed by atoms with Gasteiger partial charge in [0.25, 0.3) is 5.56 Å². The number of benzene rings is 3. The molecule has 5 nitrogen and oxygen atoms in total. The summed E-state index contributed by atoms with van der Waals surface area (Å²) in [5.41, 5.74) is 2.87. The molecule has 0 saturated carbocycles. The van der Waals surface area contributed by atoms with Crippen LogP contribution in [0.15, 0.2) is 94.9 Å². The Balaban J connectivity index is 1.42. The number of hydrogen-bond acceptors (Lipinski definition) is 5. The van der Waals surface area contributed by atoms with Crippen LogP contribution in [0.25, 0.3) is 20.3 Å². The van der Waals surface area contributed by atoms with Crippen LogP contribution in [0.1, 0.15) is 11.1 Å². The number of aromatic nitrogens is 2. The number of thiophene rings is 1. The first-order valence-corrected chi connectivity index (χ1v) is 12.9. The van der Waals surface area contributed by atoms with Crippen LogP contribution in [0.4, 0.5) is 0 Å². The highest BCUT2D eigenvalue weighted by atomic mass is 32.2. The molecule has 0 aliphatic carbocycles. The van der Waals surface area contributed by atoms with Gasteiger partial charge in [0.05, 0.1) is 11.3 Å². The number of thioether (sulfide) groups is 1. The fourth-order valence-corrected chi connectivity index (χ4v) is 5.76. The molecule has 0 atom stereocenters. The largest absolute Gasteiger partial charge is 0.351 e. The summed E-state index contributed by atoms with van der Waals surface area (Å²) in [4.78, 5) is 30.9.